The van der Waals surface area contributed by atoms with Crippen LogP contribution in [0.3, 0.4) is 0 Å². The molecule has 0 aliphatic carbocycles. The molecule has 0 fully saturated rings. The summed E-state index contributed by atoms with van der Waals surface area (Å²) in [6.07, 6.45) is 12.6. The summed E-state index contributed by atoms with van der Waals surface area (Å²) in [6.45, 7) is 4.49. The number of hydrogen-bond donors (Lipinski definition) is 2. The number of nitrogens with one attached hydrogen (secondary N) is 2. The van der Waals surface area contributed by atoms with Crippen molar-refractivity contribution in [1.29, 1.82) is 0 Å². The number of esters is 1. The maximum Gasteiger partial charge on any atom is 0.333 e. The molecule has 2 aromatic rings. The fourth-order valence-electron chi connectivity index (χ4n) is 3.56. The topological polar surface area (TPSA) is 67.4 Å². The molecule has 2 aromatic carbocycles. The number of benzene rings is 2. The van der Waals surface area contributed by atoms with Gasteiger partial charge < -0.3 is 15.4 Å². The Balaban J connectivity index is 1.55. The Bertz CT molecular complexity index is 806. The highest BCUT2D eigenvalue weighted by molar-refractivity contribution is 5.87. The quantitative estimate of drug-likeness (QED) is 0.210. The van der Waals surface area contributed by atoms with Crippen molar-refractivity contribution < 1.29 is 14.3 Å². The standard InChI is InChI=1S/C26H38N2O3/c1-3-4-5-6-7-8-9-10-11-14-19-27-26(30)28-21(2)25(29)31-24-18-17-22-15-12-13-16-23(22)20-24/h12-13,15-18,20-21H,3-11,14,19H2,1-2H3,(H2,27,28,30)/t21-/m0/s1. The van der Waals surface area contributed by atoms with Crippen LogP contribution in [0.15, 0.2) is 42.5 Å². The van der Waals surface area contributed by atoms with Gasteiger partial charge in [-0.2, -0.15) is 0 Å². The van der Waals surface area contributed by atoms with Crippen molar-refractivity contribution in [2.45, 2.75) is 84.1 Å². The second-order valence-electron chi connectivity index (χ2n) is 8.23. The van der Waals surface area contributed by atoms with E-state index in [1.807, 2.05) is 36.4 Å². The number of ether oxygens (including phenoxy) is 1. The zero-order valence-corrected chi connectivity index (χ0v) is 19.1. The minimum Gasteiger partial charge on any atom is -0.425 e. The number of carbonyl (C=O) groups excluding carboxylic acids is 2. The molecular formula is C26H38N2O3. The molecule has 0 aliphatic heterocycles. The van der Waals surface area contributed by atoms with Crippen molar-refractivity contribution in [2.75, 3.05) is 6.54 Å². The molecule has 1 atom stereocenters. The summed E-state index contributed by atoms with van der Waals surface area (Å²) in [5.41, 5.74) is 0. The first-order valence-electron chi connectivity index (χ1n) is 11.8. The van der Waals surface area contributed by atoms with Crippen LogP contribution in [-0.4, -0.2) is 24.6 Å². The Morgan fingerprint density at radius 1 is 0.839 bits per heavy atom. The summed E-state index contributed by atoms with van der Waals surface area (Å²) in [5.74, 6) is -0.00695. The lowest BCUT2D eigenvalue weighted by Crippen LogP contribution is -2.46. The number of amides is 2. The third-order valence-corrected chi connectivity index (χ3v) is 5.46. The minimum atomic E-state index is -0.723. The molecule has 0 spiro atoms. The van der Waals surface area contributed by atoms with Crippen molar-refractivity contribution >= 4 is 22.8 Å². The molecule has 31 heavy (non-hydrogen) atoms. The van der Waals surface area contributed by atoms with E-state index in [1.54, 1.807) is 13.0 Å². The zero-order valence-electron chi connectivity index (χ0n) is 19.1. The molecule has 0 aromatic heterocycles. The Kier molecular flexibility index (Phi) is 11.5. The molecule has 0 bridgehead atoms. The van der Waals surface area contributed by atoms with Gasteiger partial charge in [0.25, 0.3) is 0 Å². The van der Waals surface area contributed by atoms with Crippen molar-refractivity contribution in [2.24, 2.45) is 0 Å². The molecule has 5 nitrogen and oxygen atoms in total. The number of fused-ring (bicyclic) bond motifs is 1. The highest BCUT2D eigenvalue weighted by Gasteiger charge is 2.17. The Labute approximate surface area is 186 Å². The smallest absolute Gasteiger partial charge is 0.333 e. The van der Waals surface area contributed by atoms with Gasteiger partial charge in [-0.15, -0.1) is 0 Å². The van der Waals surface area contributed by atoms with Gasteiger partial charge in [0, 0.05) is 6.54 Å². The van der Waals surface area contributed by atoms with Crippen LogP contribution >= 0.6 is 0 Å². The molecule has 2 N–H and O–H groups in total. The van der Waals surface area contributed by atoms with Gasteiger partial charge in [-0.25, -0.2) is 9.59 Å². The van der Waals surface area contributed by atoms with Crippen LogP contribution in [0.5, 0.6) is 5.75 Å². The van der Waals surface area contributed by atoms with Crippen LogP contribution in [0, 0.1) is 0 Å². The lowest BCUT2D eigenvalue weighted by atomic mass is 10.1. The Morgan fingerprint density at radius 3 is 2.13 bits per heavy atom. The molecule has 0 unspecified atom stereocenters. The van der Waals surface area contributed by atoms with Gasteiger partial charge in [0.15, 0.2) is 0 Å². The lowest BCUT2D eigenvalue weighted by molar-refractivity contribution is -0.136. The number of rotatable bonds is 14. The van der Waals surface area contributed by atoms with Crippen molar-refractivity contribution in [3.63, 3.8) is 0 Å². The second-order valence-corrected chi connectivity index (χ2v) is 8.23. The second kappa shape index (κ2) is 14.4. The van der Waals surface area contributed by atoms with Gasteiger partial charge in [-0.3, -0.25) is 0 Å². The molecule has 0 saturated carbocycles. The molecule has 0 radical (unpaired) electrons. The van der Waals surface area contributed by atoms with Crippen LogP contribution < -0.4 is 15.4 Å². The summed E-state index contributed by atoms with van der Waals surface area (Å²) in [7, 11) is 0. The van der Waals surface area contributed by atoms with E-state index in [1.165, 1.54) is 51.4 Å². The summed E-state index contributed by atoms with van der Waals surface area (Å²) >= 11 is 0. The average Bonchev–Trinajstić information content (AvgIpc) is 2.77. The van der Waals surface area contributed by atoms with E-state index in [4.69, 9.17) is 4.74 Å². The van der Waals surface area contributed by atoms with E-state index in [9.17, 15) is 9.59 Å². The molecule has 0 heterocycles. The van der Waals surface area contributed by atoms with Crippen LogP contribution in [0.4, 0.5) is 4.79 Å². The third-order valence-electron chi connectivity index (χ3n) is 5.46. The van der Waals surface area contributed by atoms with Gasteiger partial charge in [0.2, 0.25) is 0 Å². The molecule has 170 valence electrons. The van der Waals surface area contributed by atoms with E-state index >= 15 is 0 Å². The molecule has 2 rings (SSSR count). The van der Waals surface area contributed by atoms with E-state index in [-0.39, 0.29) is 6.03 Å². The van der Waals surface area contributed by atoms with Crippen LogP contribution in [0.1, 0.15) is 78.1 Å². The first-order chi connectivity index (χ1) is 15.1. The molecule has 0 saturated heterocycles. The Morgan fingerprint density at radius 2 is 1.45 bits per heavy atom. The normalized spacial score (nSPS) is 11.8. The molecule has 2 amide bonds. The summed E-state index contributed by atoms with van der Waals surface area (Å²) in [4.78, 5) is 24.3. The maximum absolute atomic E-state index is 12.3. The lowest BCUT2D eigenvalue weighted by Gasteiger charge is -2.14. The summed E-state index contributed by atoms with van der Waals surface area (Å²) in [5, 5.41) is 7.56. The zero-order chi connectivity index (χ0) is 22.3. The first-order valence-corrected chi connectivity index (χ1v) is 11.8. The van der Waals surface area contributed by atoms with Crippen LogP contribution in [0.25, 0.3) is 10.8 Å². The van der Waals surface area contributed by atoms with E-state index in [2.05, 4.69) is 17.6 Å². The number of urea groups is 1. The highest BCUT2D eigenvalue weighted by atomic mass is 16.5. The van der Waals surface area contributed by atoms with Crippen molar-refractivity contribution in [3.05, 3.63) is 42.5 Å². The predicted octanol–water partition coefficient (Wildman–Crippen LogP) is 6.35. The fourth-order valence-corrected chi connectivity index (χ4v) is 3.56. The highest BCUT2D eigenvalue weighted by Crippen LogP contribution is 2.20. The van der Waals surface area contributed by atoms with Crippen LogP contribution in [-0.2, 0) is 4.79 Å². The van der Waals surface area contributed by atoms with Gasteiger partial charge in [0.05, 0.1) is 0 Å². The monoisotopic (exact) mass is 426 g/mol. The average molecular weight is 427 g/mol. The third kappa shape index (κ3) is 9.86. The Hall–Kier alpha value is -2.56. The summed E-state index contributed by atoms with van der Waals surface area (Å²) in [6, 6.07) is 12.3. The van der Waals surface area contributed by atoms with Crippen molar-refractivity contribution in [1.82, 2.24) is 10.6 Å². The van der Waals surface area contributed by atoms with Gasteiger partial charge >= 0.3 is 12.0 Å². The van der Waals surface area contributed by atoms with Gasteiger partial charge in [-0.05, 0) is 36.2 Å². The number of hydrogen-bond acceptors (Lipinski definition) is 3. The van der Waals surface area contributed by atoms with Crippen molar-refractivity contribution in [3.8, 4) is 5.75 Å². The molecule has 5 heteroatoms. The maximum atomic E-state index is 12.3. The van der Waals surface area contributed by atoms with Gasteiger partial charge in [0.1, 0.15) is 11.8 Å². The first kappa shape index (κ1) is 24.7. The van der Waals surface area contributed by atoms with Crippen LogP contribution in [0.2, 0.25) is 0 Å². The van der Waals surface area contributed by atoms with Gasteiger partial charge in [-0.1, -0.05) is 95.0 Å². The fraction of sp³-hybridized carbons (Fsp3) is 0.538. The SMILES string of the molecule is CCCCCCCCCCCCNC(=O)N[C@@H](C)C(=O)Oc1ccc2ccccc2c1. The largest absolute Gasteiger partial charge is 0.425 e. The summed E-state index contributed by atoms with van der Waals surface area (Å²) < 4.78 is 5.42. The molecular weight excluding hydrogens is 388 g/mol. The predicted molar refractivity (Wildman–Crippen MR) is 127 cm³/mol. The minimum absolute atomic E-state index is 0.334. The van der Waals surface area contributed by atoms with E-state index < -0.39 is 12.0 Å². The van der Waals surface area contributed by atoms with E-state index in [0.717, 1.165) is 23.6 Å². The molecule has 0 aliphatic rings. The number of unbranched alkanes of at least 4 members (excludes halogenated alkanes) is 9. The number of carbonyl (C=O) groups is 2. The van der Waals surface area contributed by atoms with E-state index in [0.29, 0.717) is 12.3 Å².